The van der Waals surface area contributed by atoms with Crippen LogP contribution in [0.15, 0.2) is 24.3 Å². The molecule has 1 aromatic carbocycles. The van der Waals surface area contributed by atoms with Crippen molar-refractivity contribution in [2.75, 3.05) is 12.4 Å². The predicted octanol–water partition coefficient (Wildman–Crippen LogP) is 3.95. The van der Waals surface area contributed by atoms with Crippen LogP contribution in [0.1, 0.15) is 26.3 Å². The molecule has 0 aliphatic heterocycles. The van der Waals surface area contributed by atoms with E-state index in [4.69, 9.17) is 23.2 Å². The van der Waals surface area contributed by atoms with Crippen LogP contribution in [-0.2, 0) is 11.3 Å². The molecule has 0 fully saturated rings. The molecule has 100 valence electrons. The lowest BCUT2D eigenvalue weighted by Crippen LogP contribution is -2.41. The van der Waals surface area contributed by atoms with E-state index in [-0.39, 0.29) is 5.91 Å². The Morgan fingerprint density at radius 1 is 1.33 bits per heavy atom. The number of rotatable bonds is 5. The van der Waals surface area contributed by atoms with Gasteiger partial charge in [0.2, 0.25) is 5.91 Å². The normalized spacial score (nSPS) is 11.4. The molecule has 1 amide bonds. The molecule has 4 heteroatoms. The Morgan fingerprint density at radius 3 is 2.44 bits per heavy atom. The van der Waals surface area contributed by atoms with Gasteiger partial charge in [-0.15, -0.1) is 11.6 Å². The Balaban J connectivity index is 2.86. The van der Waals surface area contributed by atoms with Crippen LogP contribution in [0.2, 0.25) is 5.02 Å². The molecule has 1 rings (SSSR count). The second-order valence-corrected chi connectivity index (χ2v) is 5.60. The summed E-state index contributed by atoms with van der Waals surface area (Å²) < 4.78 is 0. The first-order chi connectivity index (χ1) is 8.42. The van der Waals surface area contributed by atoms with Gasteiger partial charge in [0.1, 0.15) is 0 Å². The molecule has 1 aromatic rings. The Kier molecular flexibility index (Phi) is 5.48. The van der Waals surface area contributed by atoms with Gasteiger partial charge in [0, 0.05) is 24.0 Å². The monoisotopic (exact) mass is 287 g/mol. The number of carbonyl (C=O) groups excluding carboxylic acids is 1. The minimum atomic E-state index is -0.543. The van der Waals surface area contributed by atoms with Gasteiger partial charge in [0.05, 0.1) is 5.41 Å². The van der Waals surface area contributed by atoms with Crippen molar-refractivity contribution in [3.63, 3.8) is 0 Å². The van der Waals surface area contributed by atoms with Crippen LogP contribution in [0.5, 0.6) is 0 Å². The standard InChI is InChI=1S/C14H19Cl2NO/c1-4-17(13(18)14(2,3)10-15)9-11-7-5-6-8-12(11)16/h5-8H,4,9-10H2,1-3H3. The second kappa shape index (κ2) is 6.44. The van der Waals surface area contributed by atoms with Crippen LogP contribution in [0.25, 0.3) is 0 Å². The summed E-state index contributed by atoms with van der Waals surface area (Å²) in [6.07, 6.45) is 0. The van der Waals surface area contributed by atoms with Crippen molar-refractivity contribution < 1.29 is 4.79 Å². The van der Waals surface area contributed by atoms with Crippen molar-refractivity contribution in [3.05, 3.63) is 34.9 Å². The molecule has 0 aliphatic rings. The van der Waals surface area contributed by atoms with Gasteiger partial charge in [-0.25, -0.2) is 0 Å². The molecule has 2 nitrogen and oxygen atoms in total. The van der Waals surface area contributed by atoms with E-state index in [9.17, 15) is 4.79 Å². The molecule has 0 saturated heterocycles. The highest BCUT2D eigenvalue weighted by Crippen LogP contribution is 2.23. The van der Waals surface area contributed by atoms with Crippen molar-refractivity contribution in [2.24, 2.45) is 5.41 Å². The lowest BCUT2D eigenvalue weighted by molar-refractivity contribution is -0.139. The molecule has 0 heterocycles. The first-order valence-corrected chi connectivity index (χ1v) is 6.92. The van der Waals surface area contributed by atoms with Crippen molar-refractivity contribution in [3.8, 4) is 0 Å². The van der Waals surface area contributed by atoms with Crippen LogP contribution < -0.4 is 0 Å². The number of carbonyl (C=O) groups is 1. The maximum Gasteiger partial charge on any atom is 0.229 e. The Morgan fingerprint density at radius 2 is 1.94 bits per heavy atom. The lowest BCUT2D eigenvalue weighted by Gasteiger charge is -2.30. The average molecular weight is 288 g/mol. The fourth-order valence-electron chi connectivity index (χ4n) is 1.64. The van der Waals surface area contributed by atoms with Gasteiger partial charge >= 0.3 is 0 Å². The topological polar surface area (TPSA) is 20.3 Å². The smallest absolute Gasteiger partial charge is 0.229 e. The van der Waals surface area contributed by atoms with Gasteiger partial charge in [-0.2, -0.15) is 0 Å². The highest BCUT2D eigenvalue weighted by molar-refractivity contribution is 6.31. The first kappa shape index (κ1) is 15.3. The number of hydrogen-bond donors (Lipinski definition) is 0. The molecule has 0 saturated carbocycles. The number of benzene rings is 1. The van der Waals surface area contributed by atoms with Gasteiger partial charge in [-0.3, -0.25) is 4.79 Å². The third-order valence-electron chi connectivity index (χ3n) is 2.90. The predicted molar refractivity (Wildman–Crippen MR) is 77.0 cm³/mol. The van der Waals surface area contributed by atoms with E-state index in [2.05, 4.69) is 0 Å². The van der Waals surface area contributed by atoms with Crippen LogP contribution in [0.3, 0.4) is 0 Å². The molecule has 0 N–H and O–H groups in total. The van der Waals surface area contributed by atoms with Gasteiger partial charge in [-0.1, -0.05) is 29.8 Å². The highest BCUT2D eigenvalue weighted by atomic mass is 35.5. The molecule has 18 heavy (non-hydrogen) atoms. The Labute approximate surface area is 119 Å². The van der Waals surface area contributed by atoms with Gasteiger partial charge in [0.15, 0.2) is 0 Å². The Bertz CT molecular complexity index is 418. The number of amides is 1. The quantitative estimate of drug-likeness (QED) is 0.751. The summed E-state index contributed by atoms with van der Waals surface area (Å²) in [6, 6.07) is 7.58. The molecule has 0 unspecified atom stereocenters. The lowest BCUT2D eigenvalue weighted by atomic mass is 9.94. The summed E-state index contributed by atoms with van der Waals surface area (Å²) >= 11 is 12.0. The fraction of sp³-hybridized carbons (Fsp3) is 0.500. The van der Waals surface area contributed by atoms with E-state index in [0.29, 0.717) is 24.0 Å². The van der Waals surface area contributed by atoms with E-state index in [1.807, 2.05) is 45.0 Å². The summed E-state index contributed by atoms with van der Waals surface area (Å²) in [5, 5.41) is 0.687. The van der Waals surface area contributed by atoms with E-state index < -0.39 is 5.41 Å². The number of hydrogen-bond acceptors (Lipinski definition) is 1. The van der Waals surface area contributed by atoms with Gasteiger partial charge < -0.3 is 4.90 Å². The number of nitrogens with zero attached hydrogens (tertiary/aromatic N) is 1. The number of alkyl halides is 1. The van der Waals surface area contributed by atoms with E-state index in [0.717, 1.165) is 5.56 Å². The molecule has 0 spiro atoms. The third kappa shape index (κ3) is 3.63. The Hall–Kier alpha value is -0.730. The average Bonchev–Trinajstić information content (AvgIpc) is 2.37. The van der Waals surface area contributed by atoms with E-state index in [1.165, 1.54) is 0 Å². The van der Waals surface area contributed by atoms with Gasteiger partial charge in [-0.05, 0) is 32.4 Å². The SMILES string of the molecule is CCN(Cc1ccccc1Cl)C(=O)C(C)(C)CCl. The maximum atomic E-state index is 12.3. The maximum absolute atomic E-state index is 12.3. The van der Waals surface area contributed by atoms with Crippen molar-refractivity contribution in [2.45, 2.75) is 27.3 Å². The second-order valence-electron chi connectivity index (χ2n) is 4.93. The molecule has 0 aliphatic carbocycles. The summed E-state index contributed by atoms with van der Waals surface area (Å²) in [6.45, 7) is 6.84. The zero-order valence-electron chi connectivity index (χ0n) is 11.0. The fourth-order valence-corrected chi connectivity index (χ4v) is 1.95. The zero-order valence-corrected chi connectivity index (χ0v) is 12.6. The van der Waals surface area contributed by atoms with E-state index in [1.54, 1.807) is 4.90 Å². The summed E-state index contributed by atoms with van der Waals surface area (Å²) in [7, 11) is 0. The summed E-state index contributed by atoms with van der Waals surface area (Å²) in [5.41, 5.74) is 0.415. The molecule has 0 atom stereocenters. The van der Waals surface area contributed by atoms with Crippen LogP contribution in [-0.4, -0.2) is 23.2 Å². The first-order valence-electron chi connectivity index (χ1n) is 6.01. The minimum Gasteiger partial charge on any atom is -0.338 e. The highest BCUT2D eigenvalue weighted by Gasteiger charge is 2.30. The summed E-state index contributed by atoms with van der Waals surface area (Å²) in [4.78, 5) is 14.1. The van der Waals surface area contributed by atoms with Crippen LogP contribution in [0.4, 0.5) is 0 Å². The van der Waals surface area contributed by atoms with E-state index >= 15 is 0 Å². The zero-order chi connectivity index (χ0) is 13.8. The minimum absolute atomic E-state index is 0.0555. The molecular formula is C14H19Cl2NO. The summed E-state index contributed by atoms with van der Waals surface area (Å²) in [5.74, 6) is 0.366. The van der Waals surface area contributed by atoms with Crippen molar-refractivity contribution in [1.29, 1.82) is 0 Å². The molecule has 0 bridgehead atoms. The van der Waals surface area contributed by atoms with Crippen LogP contribution in [0, 0.1) is 5.41 Å². The molecular weight excluding hydrogens is 269 g/mol. The van der Waals surface area contributed by atoms with Crippen molar-refractivity contribution >= 4 is 29.1 Å². The molecule has 0 aromatic heterocycles. The van der Waals surface area contributed by atoms with Crippen LogP contribution >= 0.6 is 23.2 Å². The van der Waals surface area contributed by atoms with Gasteiger partial charge in [0.25, 0.3) is 0 Å². The molecule has 0 radical (unpaired) electrons. The largest absolute Gasteiger partial charge is 0.338 e. The third-order valence-corrected chi connectivity index (χ3v) is 3.94. The number of halogens is 2. The van der Waals surface area contributed by atoms with Crippen molar-refractivity contribution in [1.82, 2.24) is 4.90 Å².